The summed E-state index contributed by atoms with van der Waals surface area (Å²) < 4.78 is 1.07. The molecule has 0 unspecified atom stereocenters. The van der Waals surface area contributed by atoms with E-state index in [1.807, 2.05) is 6.07 Å². The van der Waals surface area contributed by atoms with Gasteiger partial charge in [-0.15, -0.1) is 0 Å². The van der Waals surface area contributed by atoms with E-state index in [-0.39, 0.29) is 0 Å². The van der Waals surface area contributed by atoms with Gasteiger partial charge in [0.1, 0.15) is 0 Å². The fourth-order valence-electron chi connectivity index (χ4n) is 2.35. The highest BCUT2D eigenvalue weighted by Crippen LogP contribution is 2.27. The summed E-state index contributed by atoms with van der Waals surface area (Å²) in [4.78, 5) is 2.24. The number of benzene rings is 2. The highest BCUT2D eigenvalue weighted by Gasteiger charge is 2.09. The first kappa shape index (κ1) is 15.1. The third kappa shape index (κ3) is 3.41. The summed E-state index contributed by atoms with van der Waals surface area (Å²) >= 11 is 3.57. The van der Waals surface area contributed by atoms with Crippen LogP contribution in [0.2, 0.25) is 0 Å². The number of rotatable bonds is 5. The van der Waals surface area contributed by atoms with Gasteiger partial charge in [0.15, 0.2) is 0 Å². The van der Waals surface area contributed by atoms with Gasteiger partial charge in [-0.25, -0.2) is 0 Å². The Labute approximate surface area is 129 Å². The zero-order valence-electron chi connectivity index (χ0n) is 12.1. The molecule has 106 valence electrons. The molecule has 0 saturated heterocycles. The van der Waals surface area contributed by atoms with E-state index < -0.39 is 0 Å². The minimum absolute atomic E-state index is 0.538. The highest BCUT2D eigenvalue weighted by molar-refractivity contribution is 9.10. The third-order valence-electron chi connectivity index (χ3n) is 3.56. The molecule has 0 atom stereocenters. The maximum Gasteiger partial charge on any atom is 0.0426 e. The summed E-state index contributed by atoms with van der Waals surface area (Å²) in [6, 6.07) is 15.0. The summed E-state index contributed by atoms with van der Waals surface area (Å²) in [5.41, 5.74) is 10.9. The van der Waals surface area contributed by atoms with Crippen molar-refractivity contribution in [1.82, 2.24) is 0 Å². The molecule has 0 aliphatic heterocycles. The molecule has 0 aromatic heterocycles. The predicted octanol–water partition coefficient (Wildman–Crippen LogP) is 4.11. The summed E-state index contributed by atoms with van der Waals surface area (Å²) in [5.74, 6) is 0. The van der Waals surface area contributed by atoms with E-state index in [0.29, 0.717) is 6.54 Å². The molecular weight excluding hydrogens is 312 g/mol. The Morgan fingerprint density at radius 2 is 1.70 bits per heavy atom. The molecular formula is C17H21BrN2. The third-order valence-corrected chi connectivity index (χ3v) is 4.30. The Hall–Kier alpha value is -1.32. The molecule has 0 aliphatic rings. The van der Waals surface area contributed by atoms with Gasteiger partial charge in [0, 0.05) is 35.9 Å². The van der Waals surface area contributed by atoms with Crippen LogP contribution >= 0.6 is 15.9 Å². The molecule has 2 aromatic carbocycles. The zero-order chi connectivity index (χ0) is 14.5. The average Bonchev–Trinajstić information content (AvgIpc) is 2.47. The van der Waals surface area contributed by atoms with E-state index in [4.69, 9.17) is 5.73 Å². The molecule has 2 rings (SSSR count). The summed E-state index contributed by atoms with van der Waals surface area (Å²) in [6.07, 6.45) is 1.08. The topological polar surface area (TPSA) is 29.3 Å². The number of hydrogen-bond acceptors (Lipinski definition) is 2. The molecule has 0 aliphatic carbocycles. The molecule has 0 saturated carbocycles. The first-order valence-electron chi connectivity index (χ1n) is 6.92. The minimum Gasteiger partial charge on any atom is -0.370 e. The lowest BCUT2D eigenvalue weighted by atomic mass is 10.1. The second-order valence-corrected chi connectivity index (χ2v) is 5.82. The van der Waals surface area contributed by atoms with Crippen LogP contribution in [-0.2, 0) is 19.5 Å². The monoisotopic (exact) mass is 332 g/mol. The lowest BCUT2D eigenvalue weighted by Crippen LogP contribution is -2.19. The van der Waals surface area contributed by atoms with E-state index in [9.17, 15) is 0 Å². The Morgan fingerprint density at radius 1 is 1.05 bits per heavy atom. The smallest absolute Gasteiger partial charge is 0.0426 e. The second kappa shape index (κ2) is 6.91. The maximum absolute atomic E-state index is 5.86. The quantitative estimate of drug-likeness (QED) is 0.892. The molecule has 0 bridgehead atoms. The Bertz CT molecular complexity index is 564. The largest absolute Gasteiger partial charge is 0.370 e. The van der Waals surface area contributed by atoms with Gasteiger partial charge in [-0.2, -0.15) is 0 Å². The second-order valence-electron chi connectivity index (χ2n) is 4.97. The van der Waals surface area contributed by atoms with Crippen molar-refractivity contribution in [2.24, 2.45) is 5.73 Å². The highest BCUT2D eigenvalue weighted by atomic mass is 79.9. The van der Waals surface area contributed by atoms with Crippen LogP contribution < -0.4 is 10.6 Å². The van der Waals surface area contributed by atoms with Crippen LogP contribution in [0.25, 0.3) is 0 Å². The van der Waals surface area contributed by atoms with Crippen LogP contribution in [0.5, 0.6) is 0 Å². The molecule has 0 fully saturated rings. The average molecular weight is 333 g/mol. The van der Waals surface area contributed by atoms with Crippen molar-refractivity contribution >= 4 is 21.6 Å². The normalized spacial score (nSPS) is 10.6. The number of anilines is 1. The standard InChI is InChI=1S/C17H21BrN2/c1-3-13-7-9-14(10-8-13)12-20(2)17-6-4-5-16(18)15(17)11-19/h4-10H,3,11-12,19H2,1-2H3. The van der Waals surface area contributed by atoms with Gasteiger partial charge < -0.3 is 10.6 Å². The van der Waals surface area contributed by atoms with Gasteiger partial charge >= 0.3 is 0 Å². The molecule has 2 N–H and O–H groups in total. The Morgan fingerprint density at radius 3 is 2.30 bits per heavy atom. The molecule has 0 spiro atoms. The van der Waals surface area contributed by atoms with E-state index in [0.717, 1.165) is 23.0 Å². The van der Waals surface area contributed by atoms with Crippen molar-refractivity contribution in [3.8, 4) is 0 Å². The number of halogens is 1. The van der Waals surface area contributed by atoms with Gasteiger partial charge in [0.25, 0.3) is 0 Å². The number of nitrogens with two attached hydrogens (primary N) is 1. The van der Waals surface area contributed by atoms with E-state index >= 15 is 0 Å². The molecule has 0 heterocycles. The SMILES string of the molecule is CCc1ccc(CN(C)c2cccc(Br)c2CN)cc1. The Balaban J connectivity index is 2.19. The van der Waals surface area contributed by atoms with Gasteiger partial charge in [0.2, 0.25) is 0 Å². The molecule has 0 amide bonds. The molecule has 2 aromatic rings. The fraction of sp³-hybridized carbons (Fsp3) is 0.294. The van der Waals surface area contributed by atoms with Crippen molar-refractivity contribution in [1.29, 1.82) is 0 Å². The van der Waals surface area contributed by atoms with Crippen molar-refractivity contribution in [2.45, 2.75) is 26.4 Å². The number of hydrogen-bond donors (Lipinski definition) is 1. The van der Waals surface area contributed by atoms with Crippen LogP contribution in [0.15, 0.2) is 46.9 Å². The predicted molar refractivity (Wildman–Crippen MR) is 90.0 cm³/mol. The van der Waals surface area contributed by atoms with Crippen molar-refractivity contribution in [3.05, 3.63) is 63.6 Å². The van der Waals surface area contributed by atoms with E-state index in [1.54, 1.807) is 0 Å². The minimum atomic E-state index is 0.538. The first-order chi connectivity index (χ1) is 9.65. The number of aryl methyl sites for hydroxylation is 1. The summed E-state index contributed by atoms with van der Waals surface area (Å²) in [5, 5.41) is 0. The van der Waals surface area contributed by atoms with Crippen LogP contribution in [0.1, 0.15) is 23.6 Å². The molecule has 0 radical (unpaired) electrons. The van der Waals surface area contributed by atoms with Crippen LogP contribution in [0.4, 0.5) is 5.69 Å². The van der Waals surface area contributed by atoms with Gasteiger partial charge in [-0.3, -0.25) is 0 Å². The first-order valence-corrected chi connectivity index (χ1v) is 7.71. The Kier molecular flexibility index (Phi) is 5.21. The van der Waals surface area contributed by atoms with Crippen LogP contribution in [-0.4, -0.2) is 7.05 Å². The summed E-state index contributed by atoms with van der Waals surface area (Å²) in [7, 11) is 2.11. The van der Waals surface area contributed by atoms with Crippen molar-refractivity contribution in [3.63, 3.8) is 0 Å². The van der Waals surface area contributed by atoms with Gasteiger partial charge in [0.05, 0.1) is 0 Å². The van der Waals surface area contributed by atoms with Gasteiger partial charge in [-0.1, -0.05) is 53.2 Å². The molecule has 2 nitrogen and oxygen atoms in total. The van der Waals surface area contributed by atoms with Crippen molar-refractivity contribution < 1.29 is 0 Å². The van der Waals surface area contributed by atoms with Gasteiger partial charge in [-0.05, 0) is 29.7 Å². The lowest BCUT2D eigenvalue weighted by Gasteiger charge is -2.23. The zero-order valence-corrected chi connectivity index (χ0v) is 13.7. The molecule has 20 heavy (non-hydrogen) atoms. The maximum atomic E-state index is 5.86. The van der Waals surface area contributed by atoms with Crippen LogP contribution in [0, 0.1) is 0 Å². The van der Waals surface area contributed by atoms with Crippen molar-refractivity contribution in [2.75, 3.05) is 11.9 Å². The van der Waals surface area contributed by atoms with Crippen LogP contribution in [0.3, 0.4) is 0 Å². The summed E-state index contributed by atoms with van der Waals surface area (Å²) in [6.45, 7) is 3.60. The van der Waals surface area contributed by atoms with E-state index in [2.05, 4.69) is 71.2 Å². The van der Waals surface area contributed by atoms with E-state index in [1.165, 1.54) is 16.8 Å². The fourth-order valence-corrected chi connectivity index (χ4v) is 2.86. The molecule has 3 heteroatoms. The number of nitrogens with zero attached hydrogens (tertiary/aromatic N) is 1. The lowest BCUT2D eigenvalue weighted by molar-refractivity contribution is 0.900.